The molecule has 7 nitrogen and oxygen atoms in total. The Kier molecular flexibility index (Phi) is 5.81. The van der Waals surface area contributed by atoms with Gasteiger partial charge in [-0.1, -0.05) is 23.8 Å². The van der Waals surface area contributed by atoms with E-state index in [1.807, 2.05) is 12.2 Å². The van der Waals surface area contributed by atoms with Crippen LogP contribution in [0.5, 0.6) is 0 Å². The quantitative estimate of drug-likeness (QED) is 0.340. The molecule has 174 valence electrons. The number of fused-ring (bicyclic) bond motifs is 5. The summed E-state index contributed by atoms with van der Waals surface area (Å²) in [4.78, 5) is 51.7. The summed E-state index contributed by atoms with van der Waals surface area (Å²) in [7, 11) is 0. The molecule has 2 aromatic carbocycles. The molecule has 1 saturated carbocycles. The largest absolute Gasteiger partial charge is 0.452 e. The van der Waals surface area contributed by atoms with Crippen molar-refractivity contribution >= 4 is 62.6 Å². The Hall–Kier alpha value is -2.97. The van der Waals surface area contributed by atoms with E-state index in [1.165, 1.54) is 17.0 Å². The van der Waals surface area contributed by atoms with Crippen LogP contribution in [0.3, 0.4) is 0 Å². The molecule has 1 saturated heterocycles. The van der Waals surface area contributed by atoms with Gasteiger partial charge in [-0.3, -0.25) is 19.3 Å². The molecule has 5 rings (SSSR count). The van der Waals surface area contributed by atoms with Crippen molar-refractivity contribution in [2.75, 3.05) is 16.8 Å². The summed E-state index contributed by atoms with van der Waals surface area (Å²) in [5.74, 6) is -1.85. The molecule has 2 aliphatic carbocycles. The van der Waals surface area contributed by atoms with Crippen LogP contribution in [-0.4, -0.2) is 30.3 Å². The van der Waals surface area contributed by atoms with E-state index in [4.69, 9.17) is 16.3 Å². The fourth-order valence-electron chi connectivity index (χ4n) is 5.09. The normalized spacial score (nSPS) is 24.5. The highest BCUT2D eigenvalue weighted by Crippen LogP contribution is 2.53. The van der Waals surface area contributed by atoms with E-state index >= 15 is 0 Å². The minimum absolute atomic E-state index is 0.133. The molecule has 2 aromatic rings. The van der Waals surface area contributed by atoms with Gasteiger partial charge in [-0.25, -0.2) is 4.79 Å². The van der Waals surface area contributed by atoms with Gasteiger partial charge in [0.05, 0.1) is 28.1 Å². The third-order valence-corrected chi connectivity index (χ3v) is 8.16. The van der Waals surface area contributed by atoms with Crippen LogP contribution >= 0.6 is 27.5 Å². The highest BCUT2D eigenvalue weighted by Gasteiger charge is 2.59. The first-order valence-electron chi connectivity index (χ1n) is 10.8. The first-order valence-corrected chi connectivity index (χ1v) is 12.0. The summed E-state index contributed by atoms with van der Waals surface area (Å²) < 4.78 is 5.82. The molecule has 4 atom stereocenters. The molecule has 1 N–H and O–H groups in total. The van der Waals surface area contributed by atoms with E-state index in [9.17, 15) is 19.2 Å². The van der Waals surface area contributed by atoms with Gasteiger partial charge < -0.3 is 10.1 Å². The monoisotopic (exact) mass is 542 g/mol. The standard InChI is InChI=1S/C25H20BrClN2O5/c1-12-18(9-8-17(26)22(12)27)28-19(30)11-34-25(33)13-4-6-16(7-5-13)29-23(31)20-14-2-3-15(10-14)21(20)24(29)32/h2-9,14-15,20-21H,10-11H2,1H3,(H,28,30)/t14-,15-,20-,21-/m0/s1. The van der Waals surface area contributed by atoms with Crippen molar-refractivity contribution in [3.63, 3.8) is 0 Å². The molecule has 0 aromatic heterocycles. The van der Waals surface area contributed by atoms with Crippen LogP contribution < -0.4 is 10.2 Å². The Labute approximate surface area is 209 Å². The van der Waals surface area contributed by atoms with E-state index in [2.05, 4.69) is 21.2 Å². The van der Waals surface area contributed by atoms with Crippen molar-refractivity contribution in [2.45, 2.75) is 13.3 Å². The number of nitrogens with zero attached hydrogens (tertiary/aromatic N) is 1. The zero-order chi connectivity index (χ0) is 24.1. The van der Waals surface area contributed by atoms with Crippen LogP contribution in [0, 0.1) is 30.6 Å². The van der Waals surface area contributed by atoms with Gasteiger partial charge in [-0.2, -0.15) is 0 Å². The molecule has 3 aliphatic rings. The maximum Gasteiger partial charge on any atom is 0.338 e. The summed E-state index contributed by atoms with van der Waals surface area (Å²) >= 11 is 9.48. The van der Waals surface area contributed by atoms with Crippen LogP contribution in [0.4, 0.5) is 11.4 Å². The van der Waals surface area contributed by atoms with Crippen LogP contribution in [-0.2, 0) is 19.1 Å². The summed E-state index contributed by atoms with van der Waals surface area (Å²) in [5, 5.41) is 3.15. The number of ether oxygens (including phenoxy) is 1. The number of anilines is 2. The molecule has 2 fully saturated rings. The smallest absolute Gasteiger partial charge is 0.338 e. The highest BCUT2D eigenvalue weighted by atomic mass is 79.9. The van der Waals surface area contributed by atoms with Crippen molar-refractivity contribution in [3.8, 4) is 0 Å². The van der Waals surface area contributed by atoms with E-state index in [1.54, 1.807) is 31.2 Å². The first kappa shape index (κ1) is 22.8. The number of nitrogens with one attached hydrogen (secondary N) is 1. The van der Waals surface area contributed by atoms with Gasteiger partial charge in [0.15, 0.2) is 6.61 Å². The van der Waals surface area contributed by atoms with Crippen molar-refractivity contribution in [1.29, 1.82) is 0 Å². The fraction of sp³-hybridized carbons (Fsp3) is 0.280. The average Bonchev–Trinajstić information content (AvgIpc) is 3.51. The number of amides is 3. The van der Waals surface area contributed by atoms with E-state index < -0.39 is 18.5 Å². The lowest BCUT2D eigenvalue weighted by molar-refractivity contribution is -0.123. The van der Waals surface area contributed by atoms with E-state index in [-0.39, 0.29) is 41.0 Å². The second-order valence-electron chi connectivity index (χ2n) is 8.72. The molecule has 9 heteroatoms. The maximum atomic E-state index is 12.9. The van der Waals surface area contributed by atoms with Crippen molar-refractivity contribution in [3.05, 3.63) is 69.2 Å². The summed E-state index contributed by atoms with van der Waals surface area (Å²) in [6.07, 6.45) is 4.96. The van der Waals surface area contributed by atoms with Gasteiger partial charge in [0.25, 0.3) is 5.91 Å². The van der Waals surface area contributed by atoms with Gasteiger partial charge >= 0.3 is 5.97 Å². The van der Waals surface area contributed by atoms with Gasteiger partial charge in [0.2, 0.25) is 11.8 Å². The highest BCUT2D eigenvalue weighted by molar-refractivity contribution is 9.10. The van der Waals surface area contributed by atoms with Crippen LogP contribution in [0.1, 0.15) is 22.3 Å². The van der Waals surface area contributed by atoms with Crippen molar-refractivity contribution < 1.29 is 23.9 Å². The van der Waals surface area contributed by atoms with E-state index in [0.29, 0.717) is 26.4 Å². The molecular formula is C25H20BrClN2O5. The lowest BCUT2D eigenvalue weighted by Gasteiger charge is -2.17. The van der Waals surface area contributed by atoms with Gasteiger partial charge in [-0.15, -0.1) is 0 Å². The van der Waals surface area contributed by atoms with Crippen LogP contribution in [0.25, 0.3) is 0 Å². The summed E-state index contributed by atoms with van der Waals surface area (Å²) in [6, 6.07) is 9.47. The van der Waals surface area contributed by atoms with E-state index in [0.717, 1.165) is 6.42 Å². The molecule has 1 heterocycles. The fourth-order valence-corrected chi connectivity index (χ4v) is 5.69. The van der Waals surface area contributed by atoms with Gasteiger partial charge in [-0.05, 0) is 83.1 Å². The summed E-state index contributed by atoms with van der Waals surface area (Å²) in [5.41, 5.74) is 1.85. The number of carbonyl (C=O) groups is 4. The second-order valence-corrected chi connectivity index (χ2v) is 9.95. The van der Waals surface area contributed by atoms with Crippen molar-refractivity contribution in [1.82, 2.24) is 0 Å². The number of hydrogen-bond acceptors (Lipinski definition) is 5. The minimum Gasteiger partial charge on any atom is -0.452 e. The van der Waals surface area contributed by atoms with Crippen molar-refractivity contribution in [2.24, 2.45) is 23.7 Å². The lowest BCUT2D eigenvalue weighted by Crippen LogP contribution is -2.32. The Morgan fingerprint density at radius 1 is 1.06 bits per heavy atom. The lowest BCUT2D eigenvalue weighted by atomic mass is 9.85. The zero-order valence-corrected chi connectivity index (χ0v) is 20.4. The Morgan fingerprint density at radius 3 is 2.29 bits per heavy atom. The molecule has 0 radical (unpaired) electrons. The Morgan fingerprint density at radius 2 is 1.68 bits per heavy atom. The first-order chi connectivity index (χ1) is 16.3. The molecule has 1 aliphatic heterocycles. The zero-order valence-electron chi connectivity index (χ0n) is 18.1. The Bertz CT molecular complexity index is 1230. The maximum absolute atomic E-state index is 12.9. The van der Waals surface area contributed by atoms with Gasteiger partial charge in [0.1, 0.15) is 0 Å². The van der Waals surface area contributed by atoms with Crippen LogP contribution in [0.2, 0.25) is 5.02 Å². The SMILES string of the molecule is Cc1c(NC(=O)COC(=O)c2ccc(N3C(=O)[C@@H]4[C@@H](C3=O)[C@H]3C=C[C@H]4C3)cc2)ccc(Br)c1Cl. The number of imide groups is 1. The molecule has 3 amide bonds. The number of benzene rings is 2. The predicted molar refractivity (Wildman–Crippen MR) is 129 cm³/mol. The molecule has 2 bridgehead atoms. The number of hydrogen-bond donors (Lipinski definition) is 1. The third-order valence-electron chi connectivity index (χ3n) is 6.78. The second kappa shape index (κ2) is 8.67. The number of rotatable bonds is 5. The number of esters is 1. The number of halogens is 2. The molecule has 34 heavy (non-hydrogen) atoms. The number of carbonyl (C=O) groups excluding carboxylic acids is 4. The van der Waals surface area contributed by atoms with Crippen LogP contribution in [0.15, 0.2) is 53.0 Å². The topological polar surface area (TPSA) is 92.8 Å². The average molecular weight is 544 g/mol. The summed E-state index contributed by atoms with van der Waals surface area (Å²) in [6.45, 7) is 1.29. The number of allylic oxidation sites excluding steroid dienone is 2. The van der Waals surface area contributed by atoms with Gasteiger partial charge in [0, 0.05) is 10.2 Å². The third kappa shape index (κ3) is 3.75. The minimum atomic E-state index is -0.689. The molecule has 0 unspecified atom stereocenters. The molecular weight excluding hydrogens is 524 g/mol. The Balaban J connectivity index is 1.20. The predicted octanol–water partition coefficient (Wildman–Crippen LogP) is 4.52. The molecule has 0 spiro atoms.